The molecule has 8 nitrogen and oxygen atoms in total. The van der Waals surface area contributed by atoms with Crippen LogP contribution in [0.2, 0.25) is 0 Å². The number of carboxylic acid groups (broad SMARTS) is 1. The summed E-state index contributed by atoms with van der Waals surface area (Å²) in [6, 6.07) is 0. The maximum atomic E-state index is 11.0. The van der Waals surface area contributed by atoms with Gasteiger partial charge in [0.05, 0.1) is 0 Å². The van der Waals surface area contributed by atoms with Gasteiger partial charge < -0.3 is 9.63 Å². The van der Waals surface area contributed by atoms with Gasteiger partial charge in [-0.3, -0.25) is 9.63 Å². The number of carbonyl (C=O) groups is 2. The SMILES string of the molecule is Cc1nc(C(=O)NOCC(=O)O)no1. The molecule has 0 spiro atoms. The second kappa shape index (κ2) is 4.33. The maximum absolute atomic E-state index is 11.0. The van der Waals surface area contributed by atoms with Gasteiger partial charge in [0.1, 0.15) is 0 Å². The summed E-state index contributed by atoms with van der Waals surface area (Å²) in [6.45, 7) is 0.879. The predicted octanol–water partition coefficient (Wildman–Crippen LogP) is -0.876. The fraction of sp³-hybridized carbons (Fsp3) is 0.333. The first-order valence-corrected chi connectivity index (χ1v) is 3.54. The number of hydrogen-bond donors (Lipinski definition) is 2. The summed E-state index contributed by atoms with van der Waals surface area (Å²) in [5.41, 5.74) is 1.84. The number of amides is 1. The number of nitrogens with zero attached hydrogens (tertiary/aromatic N) is 2. The number of hydrogen-bond acceptors (Lipinski definition) is 6. The van der Waals surface area contributed by atoms with E-state index in [9.17, 15) is 9.59 Å². The Morgan fingerprint density at radius 3 is 2.86 bits per heavy atom. The number of hydroxylamine groups is 1. The Kier molecular flexibility index (Phi) is 3.13. The van der Waals surface area contributed by atoms with E-state index in [2.05, 4.69) is 19.5 Å². The summed E-state index contributed by atoms with van der Waals surface area (Å²) in [6.07, 6.45) is 0. The minimum Gasteiger partial charge on any atom is -0.479 e. The molecule has 0 aliphatic rings. The highest BCUT2D eigenvalue weighted by Crippen LogP contribution is 1.93. The maximum Gasteiger partial charge on any atom is 0.332 e. The summed E-state index contributed by atoms with van der Waals surface area (Å²) in [5, 5.41) is 11.5. The molecule has 0 bridgehead atoms. The van der Waals surface area contributed by atoms with Gasteiger partial charge >= 0.3 is 11.9 Å². The monoisotopic (exact) mass is 201 g/mol. The summed E-state index contributed by atoms with van der Waals surface area (Å²) < 4.78 is 4.52. The smallest absolute Gasteiger partial charge is 0.332 e. The zero-order chi connectivity index (χ0) is 10.6. The van der Waals surface area contributed by atoms with E-state index in [1.165, 1.54) is 6.92 Å². The lowest BCUT2D eigenvalue weighted by molar-refractivity contribution is -0.144. The number of aliphatic carboxylic acids is 1. The molecule has 76 valence electrons. The third-order valence-electron chi connectivity index (χ3n) is 1.09. The van der Waals surface area contributed by atoms with E-state index in [0.717, 1.165) is 0 Å². The molecule has 0 radical (unpaired) electrons. The van der Waals surface area contributed by atoms with Gasteiger partial charge in [0, 0.05) is 6.92 Å². The number of carbonyl (C=O) groups excluding carboxylic acids is 1. The lowest BCUT2D eigenvalue weighted by atomic mass is 10.6. The van der Waals surface area contributed by atoms with E-state index in [-0.39, 0.29) is 11.7 Å². The average molecular weight is 201 g/mol. The van der Waals surface area contributed by atoms with Crippen LogP contribution in [0, 0.1) is 6.92 Å². The van der Waals surface area contributed by atoms with Gasteiger partial charge in [-0.05, 0) is 0 Å². The molecule has 0 atom stereocenters. The van der Waals surface area contributed by atoms with Crippen molar-refractivity contribution < 1.29 is 24.1 Å². The van der Waals surface area contributed by atoms with Gasteiger partial charge in [-0.1, -0.05) is 5.16 Å². The summed E-state index contributed by atoms with van der Waals surface area (Å²) in [4.78, 5) is 28.9. The fourth-order valence-electron chi connectivity index (χ4n) is 0.600. The summed E-state index contributed by atoms with van der Waals surface area (Å²) in [5.74, 6) is -1.95. The molecule has 0 aromatic carbocycles. The van der Waals surface area contributed by atoms with Crippen LogP contribution in [0.5, 0.6) is 0 Å². The molecule has 0 saturated carbocycles. The molecule has 1 rings (SSSR count). The first kappa shape index (κ1) is 10.1. The number of aryl methyl sites for hydroxylation is 1. The topological polar surface area (TPSA) is 115 Å². The highest BCUT2D eigenvalue weighted by atomic mass is 16.7. The predicted molar refractivity (Wildman–Crippen MR) is 40.1 cm³/mol. The first-order chi connectivity index (χ1) is 6.59. The van der Waals surface area contributed by atoms with Crippen molar-refractivity contribution in [2.45, 2.75) is 6.92 Å². The minimum atomic E-state index is -1.20. The lowest BCUT2D eigenvalue weighted by Crippen LogP contribution is -2.27. The van der Waals surface area contributed by atoms with Crippen molar-refractivity contribution in [3.63, 3.8) is 0 Å². The lowest BCUT2D eigenvalue weighted by Gasteiger charge is -1.98. The van der Waals surface area contributed by atoms with E-state index in [1.807, 2.05) is 5.48 Å². The van der Waals surface area contributed by atoms with Crippen molar-refractivity contribution in [3.05, 3.63) is 11.7 Å². The number of nitrogens with one attached hydrogen (secondary N) is 1. The van der Waals surface area contributed by atoms with Crippen molar-refractivity contribution in [3.8, 4) is 0 Å². The molecular formula is C6H7N3O5. The molecule has 1 aromatic heterocycles. The number of carboxylic acids is 1. The molecule has 2 N–H and O–H groups in total. The standard InChI is InChI=1S/C6H7N3O5/c1-3-7-5(8-14-3)6(12)9-13-2-4(10)11/h2H2,1H3,(H,9,12)(H,10,11). The zero-order valence-corrected chi connectivity index (χ0v) is 7.18. The molecule has 1 heterocycles. The Hall–Kier alpha value is -1.96. The Morgan fingerprint density at radius 1 is 1.64 bits per heavy atom. The van der Waals surface area contributed by atoms with Gasteiger partial charge in [-0.2, -0.15) is 4.98 Å². The molecule has 0 aliphatic carbocycles. The van der Waals surface area contributed by atoms with Crippen molar-refractivity contribution in [2.24, 2.45) is 0 Å². The van der Waals surface area contributed by atoms with Crippen molar-refractivity contribution in [2.75, 3.05) is 6.61 Å². The van der Waals surface area contributed by atoms with E-state index >= 15 is 0 Å². The summed E-state index contributed by atoms with van der Waals surface area (Å²) >= 11 is 0. The first-order valence-electron chi connectivity index (χ1n) is 3.54. The normalized spacial score (nSPS) is 9.79. The van der Waals surface area contributed by atoms with Crippen molar-refractivity contribution in [1.29, 1.82) is 0 Å². The zero-order valence-electron chi connectivity index (χ0n) is 7.18. The van der Waals surface area contributed by atoms with E-state index in [1.54, 1.807) is 0 Å². The van der Waals surface area contributed by atoms with Crippen molar-refractivity contribution >= 4 is 11.9 Å². The third-order valence-corrected chi connectivity index (χ3v) is 1.09. The average Bonchev–Trinajstić information content (AvgIpc) is 2.51. The molecule has 1 amide bonds. The molecular weight excluding hydrogens is 194 g/mol. The summed E-state index contributed by atoms with van der Waals surface area (Å²) in [7, 11) is 0. The Balaban J connectivity index is 2.39. The van der Waals surface area contributed by atoms with Crippen molar-refractivity contribution in [1.82, 2.24) is 15.6 Å². The van der Waals surface area contributed by atoms with Crippen LogP contribution in [0.3, 0.4) is 0 Å². The highest BCUT2D eigenvalue weighted by molar-refractivity contribution is 5.89. The second-order valence-corrected chi connectivity index (χ2v) is 2.25. The molecule has 0 unspecified atom stereocenters. The van der Waals surface area contributed by atoms with E-state index in [4.69, 9.17) is 5.11 Å². The van der Waals surface area contributed by atoms with Gasteiger partial charge in [-0.25, -0.2) is 10.3 Å². The Morgan fingerprint density at radius 2 is 2.36 bits per heavy atom. The van der Waals surface area contributed by atoms with Crippen LogP contribution < -0.4 is 5.48 Å². The van der Waals surface area contributed by atoms with Gasteiger partial charge in [0.25, 0.3) is 5.82 Å². The number of rotatable bonds is 4. The second-order valence-electron chi connectivity index (χ2n) is 2.25. The van der Waals surface area contributed by atoms with Crippen LogP contribution in [0.25, 0.3) is 0 Å². The van der Waals surface area contributed by atoms with Crippen LogP contribution in [-0.4, -0.2) is 33.7 Å². The molecule has 0 aliphatic heterocycles. The molecule has 8 heteroatoms. The largest absolute Gasteiger partial charge is 0.479 e. The molecule has 14 heavy (non-hydrogen) atoms. The molecule has 0 fully saturated rings. The van der Waals surface area contributed by atoms with Crippen LogP contribution in [0.15, 0.2) is 4.52 Å². The Bertz CT molecular complexity index is 347. The van der Waals surface area contributed by atoms with Gasteiger partial charge in [0.15, 0.2) is 6.61 Å². The minimum absolute atomic E-state index is 0.215. The number of aromatic nitrogens is 2. The quantitative estimate of drug-likeness (QED) is 0.608. The third kappa shape index (κ3) is 2.83. The fourth-order valence-corrected chi connectivity index (χ4v) is 0.600. The van der Waals surface area contributed by atoms with Crippen LogP contribution in [-0.2, 0) is 9.63 Å². The van der Waals surface area contributed by atoms with Crippen LogP contribution >= 0.6 is 0 Å². The van der Waals surface area contributed by atoms with Crippen LogP contribution in [0.1, 0.15) is 16.5 Å². The molecule has 0 saturated heterocycles. The highest BCUT2D eigenvalue weighted by Gasteiger charge is 2.12. The molecule has 1 aromatic rings. The van der Waals surface area contributed by atoms with E-state index in [0.29, 0.717) is 0 Å². The van der Waals surface area contributed by atoms with Gasteiger partial charge in [-0.15, -0.1) is 0 Å². The Labute approximate surface area is 77.8 Å². The van der Waals surface area contributed by atoms with Gasteiger partial charge in [0.2, 0.25) is 5.89 Å². The van der Waals surface area contributed by atoms with E-state index < -0.39 is 18.5 Å². The van der Waals surface area contributed by atoms with Crippen LogP contribution in [0.4, 0.5) is 0 Å².